The van der Waals surface area contributed by atoms with E-state index in [1.807, 2.05) is 0 Å². The minimum absolute atomic E-state index is 0.433. The maximum atomic E-state index is 5.27. The van der Waals surface area contributed by atoms with Crippen molar-refractivity contribution in [1.29, 1.82) is 0 Å². The van der Waals surface area contributed by atoms with E-state index in [0.29, 0.717) is 5.92 Å². The molecule has 0 aromatic carbocycles. The van der Waals surface area contributed by atoms with E-state index in [2.05, 4.69) is 34.8 Å². The van der Waals surface area contributed by atoms with Crippen LogP contribution < -0.4 is 0 Å². The lowest BCUT2D eigenvalue weighted by Crippen LogP contribution is -1.91. The van der Waals surface area contributed by atoms with Gasteiger partial charge in [0.1, 0.15) is 6.26 Å². The van der Waals surface area contributed by atoms with Gasteiger partial charge in [-0.15, -0.1) is 0 Å². The summed E-state index contributed by atoms with van der Waals surface area (Å²) in [5, 5.41) is 0.771. The van der Waals surface area contributed by atoms with Gasteiger partial charge in [0.15, 0.2) is 5.89 Å². The first-order valence-corrected chi connectivity index (χ1v) is 4.90. The Hall–Kier alpha value is -0.310. The molecule has 0 aliphatic carbocycles. The van der Waals surface area contributed by atoms with Crippen LogP contribution in [0.2, 0.25) is 0 Å². The van der Waals surface area contributed by atoms with Crippen LogP contribution in [-0.4, -0.2) is 4.98 Å². The molecule has 62 valence electrons. The first kappa shape index (κ1) is 8.78. The maximum Gasteiger partial charge on any atom is 0.197 e. The Labute approximate surface area is 75.1 Å². The Kier molecular flexibility index (Phi) is 3.12. The van der Waals surface area contributed by atoms with Gasteiger partial charge in [0.25, 0.3) is 0 Å². The zero-order valence-electron chi connectivity index (χ0n) is 6.80. The largest absolute Gasteiger partial charge is 0.448 e. The maximum absolute atomic E-state index is 5.27. The second-order valence-corrected chi connectivity index (χ2v) is 3.18. The van der Waals surface area contributed by atoms with Crippen LogP contribution in [0.5, 0.6) is 0 Å². The molecule has 0 radical (unpaired) electrons. The lowest BCUT2D eigenvalue weighted by Gasteiger charge is -1.99. The zero-order valence-corrected chi connectivity index (χ0v) is 8.39. The number of hydrogen-bond acceptors (Lipinski definition) is 2. The van der Waals surface area contributed by atoms with Crippen molar-refractivity contribution >= 4 is 15.9 Å². The normalized spacial score (nSPS) is 13.4. The molecule has 2 nitrogen and oxygen atoms in total. The van der Waals surface area contributed by atoms with Crippen LogP contribution in [-0.2, 0) is 5.33 Å². The minimum Gasteiger partial charge on any atom is -0.448 e. The highest BCUT2D eigenvalue weighted by atomic mass is 79.9. The number of aromatic nitrogens is 1. The Morgan fingerprint density at radius 2 is 2.45 bits per heavy atom. The highest BCUT2D eigenvalue weighted by Gasteiger charge is 2.08. The molecular formula is C8H12BrNO. The molecule has 0 aliphatic rings. The summed E-state index contributed by atoms with van der Waals surface area (Å²) in [6.45, 7) is 4.24. The van der Waals surface area contributed by atoms with Crippen LogP contribution >= 0.6 is 15.9 Å². The van der Waals surface area contributed by atoms with E-state index in [-0.39, 0.29) is 0 Å². The highest BCUT2D eigenvalue weighted by molar-refractivity contribution is 9.08. The smallest absolute Gasteiger partial charge is 0.197 e. The van der Waals surface area contributed by atoms with E-state index in [1.54, 1.807) is 6.26 Å². The molecule has 0 N–H and O–H groups in total. The molecule has 0 saturated carbocycles. The Balaban J connectivity index is 2.71. The molecular weight excluding hydrogens is 206 g/mol. The second kappa shape index (κ2) is 3.90. The predicted octanol–water partition coefficient (Wildman–Crippen LogP) is 3.08. The van der Waals surface area contributed by atoms with E-state index in [4.69, 9.17) is 4.42 Å². The summed E-state index contributed by atoms with van der Waals surface area (Å²) >= 11 is 3.32. The van der Waals surface area contributed by atoms with Gasteiger partial charge in [-0.3, -0.25) is 0 Å². The predicted molar refractivity (Wildman–Crippen MR) is 47.8 cm³/mol. The van der Waals surface area contributed by atoms with Crippen molar-refractivity contribution in [3.63, 3.8) is 0 Å². The number of hydrogen-bond donors (Lipinski definition) is 0. The van der Waals surface area contributed by atoms with E-state index >= 15 is 0 Å². The van der Waals surface area contributed by atoms with Crippen molar-refractivity contribution in [2.45, 2.75) is 31.5 Å². The molecule has 0 spiro atoms. The third kappa shape index (κ3) is 2.06. The van der Waals surface area contributed by atoms with Crippen LogP contribution in [0, 0.1) is 0 Å². The monoisotopic (exact) mass is 217 g/mol. The molecule has 0 bridgehead atoms. The summed E-state index contributed by atoms with van der Waals surface area (Å²) in [6, 6.07) is 0. The van der Waals surface area contributed by atoms with Gasteiger partial charge in [-0.25, -0.2) is 4.98 Å². The van der Waals surface area contributed by atoms with Crippen LogP contribution in [0.25, 0.3) is 0 Å². The van der Waals surface area contributed by atoms with Crippen molar-refractivity contribution in [2.24, 2.45) is 0 Å². The summed E-state index contributed by atoms with van der Waals surface area (Å²) in [6.07, 6.45) is 2.78. The molecule has 1 heterocycles. The molecule has 0 fully saturated rings. The Morgan fingerprint density at radius 3 is 2.91 bits per heavy atom. The molecule has 3 heteroatoms. The fourth-order valence-corrected chi connectivity index (χ4v) is 1.04. The van der Waals surface area contributed by atoms with Gasteiger partial charge in [-0.1, -0.05) is 29.8 Å². The SMILES string of the molecule is CCC(C)c1nc(CBr)co1. The van der Waals surface area contributed by atoms with Gasteiger partial charge in [-0.2, -0.15) is 0 Å². The van der Waals surface area contributed by atoms with E-state index in [1.165, 1.54) is 0 Å². The van der Waals surface area contributed by atoms with Crippen LogP contribution in [0.3, 0.4) is 0 Å². The standard InChI is InChI=1S/C8H12BrNO/c1-3-6(2)8-10-7(4-9)5-11-8/h5-6H,3-4H2,1-2H3. The van der Waals surface area contributed by atoms with Gasteiger partial charge in [-0.05, 0) is 6.42 Å². The molecule has 1 atom stereocenters. The highest BCUT2D eigenvalue weighted by Crippen LogP contribution is 2.18. The summed E-state index contributed by atoms with van der Waals surface area (Å²) in [5.74, 6) is 1.28. The number of rotatable bonds is 3. The van der Waals surface area contributed by atoms with Crippen molar-refractivity contribution in [3.8, 4) is 0 Å². The summed E-state index contributed by atoms with van der Waals surface area (Å²) < 4.78 is 5.27. The van der Waals surface area contributed by atoms with Crippen LogP contribution in [0.4, 0.5) is 0 Å². The number of halogens is 1. The first-order valence-electron chi connectivity index (χ1n) is 3.78. The molecule has 0 amide bonds. The molecule has 1 aromatic heterocycles. The van der Waals surface area contributed by atoms with Gasteiger partial charge in [0.05, 0.1) is 5.69 Å². The lowest BCUT2D eigenvalue weighted by molar-refractivity contribution is 0.453. The molecule has 0 aliphatic heterocycles. The Morgan fingerprint density at radius 1 is 1.73 bits per heavy atom. The minimum atomic E-state index is 0.433. The quantitative estimate of drug-likeness (QED) is 0.728. The number of alkyl halides is 1. The van der Waals surface area contributed by atoms with E-state index in [0.717, 1.165) is 23.3 Å². The van der Waals surface area contributed by atoms with Gasteiger partial charge in [0, 0.05) is 11.2 Å². The second-order valence-electron chi connectivity index (χ2n) is 2.62. The fourth-order valence-electron chi connectivity index (χ4n) is 0.785. The fraction of sp³-hybridized carbons (Fsp3) is 0.625. The summed E-state index contributed by atoms with van der Waals surface area (Å²) in [5.41, 5.74) is 0.973. The summed E-state index contributed by atoms with van der Waals surface area (Å²) in [7, 11) is 0. The zero-order chi connectivity index (χ0) is 8.27. The average Bonchev–Trinajstić information content (AvgIpc) is 2.50. The van der Waals surface area contributed by atoms with Gasteiger partial charge < -0.3 is 4.42 Å². The lowest BCUT2D eigenvalue weighted by atomic mass is 10.1. The molecule has 11 heavy (non-hydrogen) atoms. The topological polar surface area (TPSA) is 26.0 Å². The van der Waals surface area contributed by atoms with Crippen LogP contribution in [0.15, 0.2) is 10.7 Å². The molecule has 1 aromatic rings. The molecule has 1 rings (SSSR count). The van der Waals surface area contributed by atoms with E-state index in [9.17, 15) is 0 Å². The number of nitrogens with zero attached hydrogens (tertiary/aromatic N) is 1. The third-order valence-corrected chi connectivity index (χ3v) is 2.31. The number of oxazole rings is 1. The van der Waals surface area contributed by atoms with Crippen molar-refractivity contribution in [2.75, 3.05) is 0 Å². The summed E-state index contributed by atoms with van der Waals surface area (Å²) in [4.78, 5) is 4.29. The van der Waals surface area contributed by atoms with Crippen molar-refractivity contribution in [3.05, 3.63) is 17.8 Å². The van der Waals surface area contributed by atoms with Gasteiger partial charge in [0.2, 0.25) is 0 Å². The van der Waals surface area contributed by atoms with Crippen molar-refractivity contribution in [1.82, 2.24) is 4.98 Å². The van der Waals surface area contributed by atoms with E-state index < -0.39 is 0 Å². The first-order chi connectivity index (χ1) is 5.27. The Bertz CT molecular complexity index is 222. The van der Waals surface area contributed by atoms with Gasteiger partial charge >= 0.3 is 0 Å². The van der Waals surface area contributed by atoms with Crippen molar-refractivity contribution < 1.29 is 4.42 Å². The van der Waals surface area contributed by atoms with Crippen LogP contribution in [0.1, 0.15) is 37.8 Å². The molecule has 0 saturated heterocycles. The average molecular weight is 218 g/mol. The molecule has 1 unspecified atom stereocenters. The third-order valence-electron chi connectivity index (χ3n) is 1.74.